The molecule has 0 aliphatic carbocycles. The van der Waals surface area contributed by atoms with E-state index >= 15 is 0 Å². The van der Waals surface area contributed by atoms with Crippen LogP contribution in [-0.2, 0) is 0 Å². The summed E-state index contributed by atoms with van der Waals surface area (Å²) in [7, 11) is 0. The van der Waals surface area contributed by atoms with Crippen LogP contribution in [0.5, 0.6) is 0 Å². The molecule has 0 saturated carbocycles. The van der Waals surface area contributed by atoms with Gasteiger partial charge in [0.05, 0.1) is 16.9 Å². The number of aromatic carboxylic acids is 1. The van der Waals surface area contributed by atoms with Gasteiger partial charge in [-0.2, -0.15) is 0 Å². The van der Waals surface area contributed by atoms with Gasteiger partial charge >= 0.3 is 5.97 Å². The van der Waals surface area contributed by atoms with Crippen molar-refractivity contribution >= 4 is 17.3 Å². The number of nitrogen functional groups attached to an aromatic ring is 2. The number of nitrogens with two attached hydrogens (primary N) is 2. The van der Waals surface area contributed by atoms with Crippen molar-refractivity contribution in [3.8, 4) is 0 Å². The Balaban J connectivity index is 3.03. The molecule has 1 aromatic rings. The van der Waals surface area contributed by atoms with Gasteiger partial charge < -0.3 is 21.9 Å². The highest BCUT2D eigenvalue weighted by Gasteiger charge is 2.16. The minimum Gasteiger partial charge on any atom is -0.478 e. The second kappa shape index (κ2) is 5.54. The molecule has 1 aromatic carbocycles. The Morgan fingerprint density at radius 3 is 2.59 bits per heavy atom. The van der Waals surface area contributed by atoms with Gasteiger partial charge in [-0.25, -0.2) is 4.79 Å². The summed E-state index contributed by atoms with van der Waals surface area (Å²) < 4.78 is 0. The topological polar surface area (TPSA) is 101 Å². The minimum atomic E-state index is -1.06. The molecule has 17 heavy (non-hydrogen) atoms. The van der Waals surface area contributed by atoms with E-state index in [4.69, 9.17) is 16.6 Å². The van der Waals surface area contributed by atoms with E-state index in [1.807, 2.05) is 6.92 Å². The van der Waals surface area contributed by atoms with Crippen molar-refractivity contribution in [2.45, 2.75) is 26.3 Å². The summed E-state index contributed by atoms with van der Waals surface area (Å²) in [5.74, 6) is -1.06. The smallest absolute Gasteiger partial charge is 0.337 e. The molecule has 6 N–H and O–H groups in total. The predicted molar refractivity (Wildman–Crippen MR) is 68.9 cm³/mol. The quantitative estimate of drug-likeness (QED) is 0.583. The third kappa shape index (κ3) is 2.88. The maximum atomic E-state index is 10.9. The zero-order chi connectivity index (χ0) is 13.0. The van der Waals surface area contributed by atoms with E-state index in [0.717, 1.165) is 18.5 Å². The minimum absolute atomic E-state index is 0.0499. The lowest BCUT2D eigenvalue weighted by Crippen LogP contribution is -2.21. The summed E-state index contributed by atoms with van der Waals surface area (Å²) in [5, 5.41) is 12.2. The first-order valence-corrected chi connectivity index (χ1v) is 5.63. The third-order valence-electron chi connectivity index (χ3n) is 2.72. The van der Waals surface area contributed by atoms with Crippen molar-refractivity contribution in [2.75, 3.05) is 18.0 Å². The van der Waals surface area contributed by atoms with E-state index in [9.17, 15) is 4.79 Å². The van der Waals surface area contributed by atoms with Gasteiger partial charge in [-0.1, -0.05) is 13.0 Å². The molecule has 0 fully saturated rings. The number of nitrogens with one attached hydrogen (secondary N) is 1. The first kappa shape index (κ1) is 13.3. The van der Waals surface area contributed by atoms with E-state index in [0.29, 0.717) is 5.69 Å². The van der Waals surface area contributed by atoms with Crippen molar-refractivity contribution in [1.82, 2.24) is 5.32 Å². The van der Waals surface area contributed by atoms with Crippen LogP contribution in [0.15, 0.2) is 12.1 Å². The molecule has 0 aromatic heterocycles. The number of anilines is 2. The fraction of sp³-hybridized carbons (Fsp3) is 0.417. The SMILES string of the molecule is CCCNC(C)c1ccc(C(=O)O)c(N)c1N. The predicted octanol–water partition coefficient (Wildman–Crippen LogP) is 1.61. The summed E-state index contributed by atoms with van der Waals surface area (Å²) in [4.78, 5) is 10.9. The monoisotopic (exact) mass is 237 g/mol. The molecular weight excluding hydrogens is 218 g/mol. The first-order valence-electron chi connectivity index (χ1n) is 5.63. The van der Waals surface area contributed by atoms with Crippen molar-refractivity contribution in [3.05, 3.63) is 23.3 Å². The number of hydrogen-bond acceptors (Lipinski definition) is 4. The van der Waals surface area contributed by atoms with Gasteiger partial charge in [-0.15, -0.1) is 0 Å². The van der Waals surface area contributed by atoms with E-state index in [1.165, 1.54) is 6.07 Å². The van der Waals surface area contributed by atoms with Crippen LogP contribution < -0.4 is 16.8 Å². The highest BCUT2D eigenvalue weighted by Crippen LogP contribution is 2.28. The molecular formula is C12H19N3O2. The van der Waals surface area contributed by atoms with Crippen LogP contribution in [-0.4, -0.2) is 17.6 Å². The van der Waals surface area contributed by atoms with Crippen molar-refractivity contribution < 1.29 is 9.90 Å². The molecule has 0 bridgehead atoms. The summed E-state index contributed by atoms with van der Waals surface area (Å²) in [5.41, 5.74) is 13.0. The van der Waals surface area contributed by atoms with Gasteiger partial charge in [0.2, 0.25) is 0 Å². The van der Waals surface area contributed by atoms with E-state index < -0.39 is 5.97 Å². The molecule has 0 amide bonds. The second-order valence-electron chi connectivity index (χ2n) is 4.01. The first-order chi connectivity index (χ1) is 7.99. The van der Waals surface area contributed by atoms with Crippen molar-refractivity contribution in [2.24, 2.45) is 0 Å². The zero-order valence-corrected chi connectivity index (χ0v) is 10.2. The third-order valence-corrected chi connectivity index (χ3v) is 2.72. The maximum Gasteiger partial charge on any atom is 0.337 e. The molecule has 0 spiro atoms. The molecule has 5 heteroatoms. The highest BCUT2D eigenvalue weighted by molar-refractivity contribution is 5.97. The molecule has 1 rings (SSSR count). The lowest BCUT2D eigenvalue weighted by atomic mass is 10.0. The van der Waals surface area contributed by atoms with E-state index in [1.54, 1.807) is 6.07 Å². The Bertz CT molecular complexity index is 418. The largest absolute Gasteiger partial charge is 0.478 e. The van der Waals surface area contributed by atoms with Crippen LogP contribution in [0.3, 0.4) is 0 Å². The molecule has 0 radical (unpaired) electrons. The number of hydrogen-bond donors (Lipinski definition) is 4. The number of rotatable bonds is 5. The van der Waals surface area contributed by atoms with Crippen LogP contribution in [0.2, 0.25) is 0 Å². The van der Waals surface area contributed by atoms with Crippen LogP contribution in [0.4, 0.5) is 11.4 Å². The normalized spacial score (nSPS) is 12.4. The number of carboxylic acid groups (broad SMARTS) is 1. The lowest BCUT2D eigenvalue weighted by Gasteiger charge is -2.18. The fourth-order valence-corrected chi connectivity index (χ4v) is 1.69. The Morgan fingerprint density at radius 2 is 2.06 bits per heavy atom. The molecule has 1 unspecified atom stereocenters. The molecule has 5 nitrogen and oxygen atoms in total. The van der Waals surface area contributed by atoms with Gasteiger partial charge in [0.15, 0.2) is 0 Å². The van der Waals surface area contributed by atoms with Gasteiger partial charge in [0.25, 0.3) is 0 Å². The second-order valence-corrected chi connectivity index (χ2v) is 4.01. The molecule has 0 aliphatic heterocycles. The van der Waals surface area contributed by atoms with Crippen LogP contribution in [0.25, 0.3) is 0 Å². The number of carbonyl (C=O) groups is 1. The summed E-state index contributed by atoms with van der Waals surface area (Å²) in [6, 6.07) is 3.26. The van der Waals surface area contributed by atoms with Crippen molar-refractivity contribution in [3.63, 3.8) is 0 Å². The number of benzene rings is 1. The maximum absolute atomic E-state index is 10.9. The molecule has 0 saturated heterocycles. The molecule has 1 atom stereocenters. The van der Waals surface area contributed by atoms with Crippen LogP contribution >= 0.6 is 0 Å². The molecule has 0 heterocycles. The Kier molecular flexibility index (Phi) is 4.34. The number of carboxylic acids is 1. The average Bonchev–Trinajstić information content (AvgIpc) is 2.29. The van der Waals surface area contributed by atoms with Gasteiger partial charge in [0, 0.05) is 6.04 Å². The zero-order valence-electron chi connectivity index (χ0n) is 10.2. The average molecular weight is 237 g/mol. The van der Waals surface area contributed by atoms with Gasteiger partial charge in [0.1, 0.15) is 0 Å². The van der Waals surface area contributed by atoms with E-state index in [-0.39, 0.29) is 17.3 Å². The van der Waals surface area contributed by atoms with E-state index in [2.05, 4.69) is 12.2 Å². The Hall–Kier alpha value is -1.75. The van der Waals surface area contributed by atoms with Gasteiger partial charge in [-0.3, -0.25) is 0 Å². The molecule has 0 aliphatic rings. The summed E-state index contributed by atoms with van der Waals surface area (Å²) in [6.45, 7) is 4.92. The van der Waals surface area contributed by atoms with Crippen LogP contribution in [0, 0.1) is 0 Å². The Labute approximate surface area is 101 Å². The standard InChI is InChI=1S/C12H19N3O2/c1-3-6-15-7(2)8-4-5-9(12(16)17)11(14)10(8)13/h4-5,7,15H,3,6,13-14H2,1-2H3,(H,16,17). The molecule has 94 valence electrons. The van der Waals surface area contributed by atoms with Gasteiger partial charge in [-0.05, 0) is 31.5 Å². The van der Waals surface area contributed by atoms with Crippen LogP contribution in [0.1, 0.15) is 42.2 Å². The Morgan fingerprint density at radius 1 is 1.41 bits per heavy atom. The summed E-state index contributed by atoms with van der Waals surface area (Å²) in [6.07, 6.45) is 1.02. The lowest BCUT2D eigenvalue weighted by molar-refractivity contribution is 0.0698. The summed E-state index contributed by atoms with van der Waals surface area (Å²) >= 11 is 0. The highest BCUT2D eigenvalue weighted by atomic mass is 16.4. The van der Waals surface area contributed by atoms with Crippen molar-refractivity contribution in [1.29, 1.82) is 0 Å². The fourth-order valence-electron chi connectivity index (χ4n) is 1.69.